The lowest BCUT2D eigenvalue weighted by Crippen LogP contribution is -2.52. The summed E-state index contributed by atoms with van der Waals surface area (Å²) in [4.78, 5) is 19.3. The molecule has 0 fully saturated rings. The summed E-state index contributed by atoms with van der Waals surface area (Å²) >= 11 is 3.04. The molecule has 0 N–H and O–H groups in total. The van der Waals surface area contributed by atoms with E-state index in [1.165, 1.54) is 31.2 Å². The van der Waals surface area contributed by atoms with Gasteiger partial charge in [-0.1, -0.05) is 46.3 Å². The fourth-order valence-electron chi connectivity index (χ4n) is 2.23. The maximum atomic E-state index is 13.3. The molecule has 1 aliphatic carbocycles. The predicted octanol–water partition coefficient (Wildman–Crippen LogP) is 4.22. The Bertz CT molecular complexity index is 598. The molecule has 0 saturated carbocycles. The van der Waals surface area contributed by atoms with Crippen LogP contribution in [-0.4, -0.2) is 27.1 Å². The lowest BCUT2D eigenvalue weighted by molar-refractivity contribution is -0.566. The van der Waals surface area contributed by atoms with Crippen LogP contribution in [0.4, 0.5) is 14.5 Å². The summed E-state index contributed by atoms with van der Waals surface area (Å²) in [6, 6.07) is 6.09. The van der Waals surface area contributed by atoms with E-state index in [9.17, 15) is 29.0 Å². The van der Waals surface area contributed by atoms with E-state index in [1.54, 1.807) is 18.2 Å². The first kappa shape index (κ1) is 19.1. The van der Waals surface area contributed by atoms with Gasteiger partial charge < -0.3 is 0 Å². The molecule has 2 atom stereocenters. The molecule has 0 aromatic heterocycles. The smallest absolute Gasteiger partial charge is 0.264 e. The number of benzene rings is 1. The van der Waals surface area contributed by atoms with Crippen molar-refractivity contribution in [3.05, 3.63) is 62.7 Å². The number of nitro groups is 2. The van der Waals surface area contributed by atoms with E-state index in [-0.39, 0.29) is 11.0 Å². The molecular weight excluding hydrogens is 378 g/mol. The number of allylic oxidation sites excluding steroid dienone is 1. The van der Waals surface area contributed by atoms with Crippen LogP contribution in [0.25, 0.3) is 0 Å². The number of halogens is 3. The van der Waals surface area contributed by atoms with Gasteiger partial charge in [0.1, 0.15) is 0 Å². The molecule has 1 aromatic carbocycles. The van der Waals surface area contributed by atoms with Crippen molar-refractivity contribution in [3.63, 3.8) is 0 Å². The molecule has 2 rings (SSSR count). The largest absolute Gasteiger partial charge is 0.317 e. The average Bonchev–Trinajstić information content (AvgIpc) is 2.47. The maximum Gasteiger partial charge on any atom is 0.317 e. The summed E-state index contributed by atoms with van der Waals surface area (Å²) in [5.74, 6) is -3.26. The van der Waals surface area contributed by atoms with Crippen LogP contribution in [0.5, 0.6) is 0 Å². The van der Waals surface area contributed by atoms with E-state index in [0.29, 0.717) is 0 Å². The number of nitrogens with zero attached hydrogens (tertiary/aromatic N) is 2. The van der Waals surface area contributed by atoms with Crippen LogP contribution in [-0.2, 0) is 0 Å². The van der Waals surface area contributed by atoms with Crippen molar-refractivity contribution in [2.75, 3.05) is 5.33 Å². The van der Waals surface area contributed by atoms with E-state index < -0.39 is 33.6 Å². The van der Waals surface area contributed by atoms with Crippen LogP contribution >= 0.6 is 15.9 Å². The molecule has 0 aliphatic heterocycles. The van der Waals surface area contributed by atoms with Crippen LogP contribution in [0, 0.1) is 25.6 Å². The quantitative estimate of drug-likeness (QED) is 0.333. The molecule has 6 nitrogen and oxygen atoms in total. The number of hydrogen-bond acceptors (Lipinski definition) is 4. The summed E-state index contributed by atoms with van der Waals surface area (Å²) in [5, 5.41) is 20.8. The Morgan fingerprint density at radius 3 is 2.17 bits per heavy atom. The van der Waals surface area contributed by atoms with Gasteiger partial charge in [0.25, 0.3) is 11.7 Å². The van der Waals surface area contributed by atoms with Crippen molar-refractivity contribution in [1.29, 1.82) is 0 Å². The molecule has 0 saturated heterocycles. The van der Waals surface area contributed by atoms with Gasteiger partial charge in [-0.25, -0.2) is 0 Å². The van der Waals surface area contributed by atoms with Crippen molar-refractivity contribution < 1.29 is 18.6 Å². The van der Waals surface area contributed by atoms with Crippen molar-refractivity contribution in [2.24, 2.45) is 5.41 Å². The Balaban J connectivity index is 0.000000253. The maximum absolute atomic E-state index is 13.3. The van der Waals surface area contributed by atoms with Gasteiger partial charge in [-0.15, -0.1) is 0 Å². The lowest BCUT2D eigenvalue weighted by Gasteiger charge is -2.34. The molecule has 23 heavy (non-hydrogen) atoms. The summed E-state index contributed by atoms with van der Waals surface area (Å²) < 4.78 is 26.6. The first-order chi connectivity index (χ1) is 10.6. The molecule has 1 aromatic rings. The molecule has 9 heteroatoms. The van der Waals surface area contributed by atoms with Gasteiger partial charge >= 0.3 is 5.92 Å². The fraction of sp³-hybridized carbons (Fsp3) is 0.429. The van der Waals surface area contributed by atoms with Crippen LogP contribution in [0.3, 0.4) is 0 Å². The Labute approximate surface area is 139 Å². The summed E-state index contributed by atoms with van der Waals surface area (Å²) in [5.41, 5.74) is -0.983. The SMILES string of the molecule is CC1(CBr)C=CCC(F)(F)C1[N+](=O)[O-].O=[N+]([O-])c1ccccc1. The molecule has 126 valence electrons. The summed E-state index contributed by atoms with van der Waals surface area (Å²) in [7, 11) is 0. The van der Waals surface area contributed by atoms with Crippen molar-refractivity contribution in [1.82, 2.24) is 0 Å². The van der Waals surface area contributed by atoms with Gasteiger partial charge in [-0.2, -0.15) is 8.78 Å². The zero-order valence-electron chi connectivity index (χ0n) is 12.2. The second-order valence-electron chi connectivity index (χ2n) is 5.29. The van der Waals surface area contributed by atoms with E-state index in [0.717, 1.165) is 0 Å². The molecule has 1 aliphatic rings. The normalized spacial score (nSPS) is 25.1. The van der Waals surface area contributed by atoms with E-state index in [2.05, 4.69) is 15.9 Å². The molecular formula is C14H15BrF2N2O4. The van der Waals surface area contributed by atoms with Crippen LogP contribution in [0.15, 0.2) is 42.5 Å². The Kier molecular flexibility index (Phi) is 6.31. The zero-order valence-corrected chi connectivity index (χ0v) is 13.8. The third-order valence-electron chi connectivity index (χ3n) is 3.38. The molecule has 0 heterocycles. The second-order valence-corrected chi connectivity index (χ2v) is 5.85. The molecule has 2 unspecified atom stereocenters. The fourth-order valence-corrected chi connectivity index (χ4v) is 2.73. The first-order valence-electron chi connectivity index (χ1n) is 6.58. The molecule has 0 amide bonds. The van der Waals surface area contributed by atoms with Gasteiger partial charge in [0.15, 0.2) is 0 Å². The number of non-ortho nitro benzene ring substituents is 1. The highest BCUT2D eigenvalue weighted by Crippen LogP contribution is 2.43. The highest BCUT2D eigenvalue weighted by atomic mass is 79.9. The van der Waals surface area contributed by atoms with Crippen molar-refractivity contribution in [3.8, 4) is 0 Å². The highest BCUT2D eigenvalue weighted by Gasteiger charge is 2.59. The Morgan fingerprint density at radius 1 is 1.26 bits per heavy atom. The first-order valence-corrected chi connectivity index (χ1v) is 7.70. The minimum absolute atomic E-state index is 0.137. The summed E-state index contributed by atoms with van der Waals surface area (Å²) in [6.45, 7) is 1.46. The molecule has 0 spiro atoms. The predicted molar refractivity (Wildman–Crippen MR) is 84.5 cm³/mol. The monoisotopic (exact) mass is 392 g/mol. The van der Waals surface area contributed by atoms with Gasteiger partial charge in [-0.3, -0.25) is 20.2 Å². The minimum atomic E-state index is -3.26. The van der Waals surface area contributed by atoms with Gasteiger partial charge in [0.2, 0.25) is 0 Å². The number of rotatable bonds is 3. The highest BCUT2D eigenvalue weighted by molar-refractivity contribution is 9.09. The van der Waals surface area contributed by atoms with E-state index in [1.807, 2.05) is 0 Å². The lowest BCUT2D eigenvalue weighted by atomic mass is 9.76. The van der Waals surface area contributed by atoms with E-state index >= 15 is 0 Å². The van der Waals surface area contributed by atoms with Crippen molar-refractivity contribution >= 4 is 21.6 Å². The number of para-hydroxylation sites is 1. The third kappa shape index (κ3) is 4.78. The molecule has 0 bridgehead atoms. The Hall–Kier alpha value is -1.90. The van der Waals surface area contributed by atoms with Crippen LogP contribution < -0.4 is 0 Å². The zero-order chi connectivity index (χ0) is 17.7. The topological polar surface area (TPSA) is 86.3 Å². The van der Waals surface area contributed by atoms with Crippen molar-refractivity contribution in [2.45, 2.75) is 25.3 Å². The standard InChI is InChI=1S/C8H10BrF2NO2.C6H5NO2/c1-7(5-9)3-2-4-8(10,11)6(7)12(13)14;8-7(9)6-4-2-1-3-5-6/h2-3,6H,4-5H2,1H3;1-5H. The third-order valence-corrected chi connectivity index (χ3v) is 4.59. The van der Waals surface area contributed by atoms with Gasteiger partial charge in [0, 0.05) is 28.8 Å². The van der Waals surface area contributed by atoms with Crippen LogP contribution in [0.1, 0.15) is 13.3 Å². The number of hydrogen-bond donors (Lipinski definition) is 0. The summed E-state index contributed by atoms with van der Waals surface area (Å²) in [6.07, 6.45) is 2.25. The van der Waals surface area contributed by atoms with Gasteiger partial charge in [-0.05, 0) is 6.92 Å². The average molecular weight is 393 g/mol. The number of alkyl halides is 3. The van der Waals surface area contributed by atoms with E-state index in [4.69, 9.17) is 0 Å². The number of nitro benzene ring substituents is 1. The van der Waals surface area contributed by atoms with Gasteiger partial charge in [0.05, 0.1) is 10.3 Å². The Morgan fingerprint density at radius 2 is 1.83 bits per heavy atom. The second kappa shape index (κ2) is 7.58. The van der Waals surface area contributed by atoms with Crippen LogP contribution in [0.2, 0.25) is 0 Å². The minimum Gasteiger partial charge on any atom is -0.264 e. The molecule has 0 radical (unpaired) electrons.